The average molecular weight is 323 g/mol. The molecule has 1 heterocycles. The van der Waals surface area contributed by atoms with E-state index in [0.29, 0.717) is 31.7 Å². The zero-order valence-electron chi connectivity index (χ0n) is 13.2. The van der Waals surface area contributed by atoms with E-state index in [0.717, 1.165) is 0 Å². The second-order valence-electron chi connectivity index (χ2n) is 5.57. The first-order valence-corrected chi connectivity index (χ1v) is 7.47. The number of nitro groups is 1. The molecule has 0 unspecified atom stereocenters. The maximum atomic E-state index is 12.4. The van der Waals surface area contributed by atoms with Crippen LogP contribution < -0.4 is 10.1 Å². The SMILES string of the molecule is COc1ccc([N+](=O)[O-])cc1NC(=O)[C@H](C)N1CCC(O)CC1. The molecule has 126 valence electrons. The van der Waals surface area contributed by atoms with E-state index in [-0.39, 0.29) is 23.4 Å². The Morgan fingerprint density at radius 3 is 2.70 bits per heavy atom. The van der Waals surface area contributed by atoms with Crippen LogP contribution in [0.15, 0.2) is 18.2 Å². The Kier molecular flexibility index (Phi) is 5.51. The molecule has 1 aliphatic heterocycles. The number of rotatable bonds is 5. The second kappa shape index (κ2) is 7.38. The molecule has 2 rings (SSSR count). The number of non-ortho nitro benzene ring substituents is 1. The van der Waals surface area contributed by atoms with Gasteiger partial charge in [0, 0.05) is 25.2 Å². The van der Waals surface area contributed by atoms with E-state index in [4.69, 9.17) is 4.74 Å². The number of amides is 1. The van der Waals surface area contributed by atoms with E-state index in [1.165, 1.54) is 25.3 Å². The number of nitrogens with zero attached hydrogens (tertiary/aromatic N) is 2. The number of nitro benzene ring substituents is 1. The number of carbonyl (C=O) groups excluding carboxylic acids is 1. The average Bonchev–Trinajstić information content (AvgIpc) is 2.54. The normalized spacial score (nSPS) is 17.5. The minimum atomic E-state index is -0.523. The summed E-state index contributed by atoms with van der Waals surface area (Å²) < 4.78 is 5.14. The standard InChI is InChI=1S/C15H21N3O5/c1-10(17-7-5-12(19)6-8-17)15(20)16-13-9-11(18(21)22)3-4-14(13)23-2/h3-4,9-10,12,19H,5-8H2,1-2H3,(H,16,20)/t10-/m0/s1. The molecule has 8 nitrogen and oxygen atoms in total. The summed E-state index contributed by atoms with van der Waals surface area (Å²) in [4.78, 5) is 24.7. The molecule has 0 radical (unpaired) electrons. The number of methoxy groups -OCH3 is 1. The highest BCUT2D eigenvalue weighted by Gasteiger charge is 2.26. The van der Waals surface area contributed by atoms with Crippen molar-refractivity contribution in [2.24, 2.45) is 0 Å². The Bertz CT molecular complexity index is 584. The fourth-order valence-corrected chi connectivity index (χ4v) is 2.58. The predicted octanol–water partition coefficient (Wildman–Crippen LogP) is 1.39. The summed E-state index contributed by atoms with van der Waals surface area (Å²) in [7, 11) is 1.44. The van der Waals surface area contributed by atoms with Crippen LogP contribution in [0.2, 0.25) is 0 Å². The van der Waals surface area contributed by atoms with E-state index in [1.54, 1.807) is 6.92 Å². The van der Waals surface area contributed by atoms with Gasteiger partial charge in [-0.1, -0.05) is 0 Å². The molecule has 1 fully saturated rings. The topological polar surface area (TPSA) is 105 Å². The molecule has 1 amide bonds. The molecule has 1 aliphatic rings. The Morgan fingerprint density at radius 1 is 1.48 bits per heavy atom. The van der Waals surface area contributed by atoms with Crippen LogP contribution >= 0.6 is 0 Å². The van der Waals surface area contributed by atoms with Crippen LogP contribution in [-0.4, -0.2) is 53.2 Å². The van der Waals surface area contributed by atoms with E-state index in [9.17, 15) is 20.0 Å². The summed E-state index contributed by atoms with van der Waals surface area (Å²) in [6.45, 7) is 3.06. The van der Waals surface area contributed by atoms with Gasteiger partial charge in [-0.15, -0.1) is 0 Å². The molecular formula is C15H21N3O5. The first-order valence-electron chi connectivity index (χ1n) is 7.47. The van der Waals surface area contributed by atoms with Gasteiger partial charge in [0.15, 0.2) is 0 Å². The molecule has 0 saturated carbocycles. The van der Waals surface area contributed by atoms with Crippen molar-refractivity contribution >= 4 is 17.3 Å². The Balaban J connectivity index is 2.09. The van der Waals surface area contributed by atoms with Crippen LogP contribution in [-0.2, 0) is 4.79 Å². The van der Waals surface area contributed by atoms with Crippen molar-refractivity contribution in [1.82, 2.24) is 4.90 Å². The van der Waals surface area contributed by atoms with Gasteiger partial charge in [0.2, 0.25) is 5.91 Å². The number of anilines is 1. The van der Waals surface area contributed by atoms with E-state index in [1.807, 2.05) is 4.90 Å². The lowest BCUT2D eigenvalue weighted by molar-refractivity contribution is -0.384. The molecule has 0 aromatic heterocycles. The quantitative estimate of drug-likeness (QED) is 0.626. The third-order valence-electron chi connectivity index (χ3n) is 4.08. The number of ether oxygens (including phenoxy) is 1. The van der Waals surface area contributed by atoms with Crippen LogP contribution in [0, 0.1) is 10.1 Å². The molecular weight excluding hydrogens is 302 g/mol. The van der Waals surface area contributed by atoms with Crippen molar-refractivity contribution in [3.63, 3.8) is 0 Å². The lowest BCUT2D eigenvalue weighted by Gasteiger charge is -2.33. The number of carbonyl (C=O) groups is 1. The number of nitrogens with one attached hydrogen (secondary N) is 1. The molecule has 23 heavy (non-hydrogen) atoms. The molecule has 8 heteroatoms. The van der Waals surface area contributed by atoms with Gasteiger partial charge < -0.3 is 15.2 Å². The minimum Gasteiger partial charge on any atom is -0.495 e. The molecule has 0 bridgehead atoms. The van der Waals surface area contributed by atoms with Gasteiger partial charge in [-0.2, -0.15) is 0 Å². The van der Waals surface area contributed by atoms with Gasteiger partial charge >= 0.3 is 0 Å². The van der Waals surface area contributed by atoms with Crippen molar-refractivity contribution in [2.75, 3.05) is 25.5 Å². The summed E-state index contributed by atoms with van der Waals surface area (Å²) in [6.07, 6.45) is 0.966. The summed E-state index contributed by atoms with van der Waals surface area (Å²) in [5, 5.41) is 23.1. The molecule has 1 saturated heterocycles. The van der Waals surface area contributed by atoms with Crippen LogP contribution in [0.25, 0.3) is 0 Å². The van der Waals surface area contributed by atoms with Crippen molar-refractivity contribution in [3.8, 4) is 5.75 Å². The van der Waals surface area contributed by atoms with Gasteiger partial charge in [-0.3, -0.25) is 19.8 Å². The molecule has 0 aliphatic carbocycles. The van der Waals surface area contributed by atoms with Gasteiger partial charge in [-0.25, -0.2) is 0 Å². The largest absolute Gasteiger partial charge is 0.495 e. The van der Waals surface area contributed by atoms with E-state index >= 15 is 0 Å². The lowest BCUT2D eigenvalue weighted by Crippen LogP contribution is -2.47. The Labute approximate surface area is 134 Å². The summed E-state index contributed by atoms with van der Waals surface area (Å²) in [5.41, 5.74) is 0.158. The summed E-state index contributed by atoms with van der Waals surface area (Å²) in [5.74, 6) is 0.102. The Hall–Kier alpha value is -2.19. The number of hydrogen-bond donors (Lipinski definition) is 2. The number of hydrogen-bond acceptors (Lipinski definition) is 6. The van der Waals surface area contributed by atoms with Crippen molar-refractivity contribution in [2.45, 2.75) is 31.9 Å². The summed E-state index contributed by atoms with van der Waals surface area (Å²) >= 11 is 0. The third kappa shape index (κ3) is 4.17. The number of benzene rings is 1. The van der Waals surface area contributed by atoms with Crippen molar-refractivity contribution in [1.29, 1.82) is 0 Å². The zero-order valence-corrected chi connectivity index (χ0v) is 13.2. The molecule has 2 N–H and O–H groups in total. The van der Waals surface area contributed by atoms with Crippen LogP contribution in [0.5, 0.6) is 5.75 Å². The zero-order chi connectivity index (χ0) is 17.0. The smallest absolute Gasteiger partial charge is 0.271 e. The van der Waals surface area contributed by atoms with E-state index in [2.05, 4.69) is 5.32 Å². The highest BCUT2D eigenvalue weighted by molar-refractivity contribution is 5.96. The predicted molar refractivity (Wildman–Crippen MR) is 84.6 cm³/mol. The van der Waals surface area contributed by atoms with Gasteiger partial charge in [0.1, 0.15) is 5.75 Å². The highest BCUT2D eigenvalue weighted by atomic mass is 16.6. The summed E-state index contributed by atoms with van der Waals surface area (Å²) in [6, 6.07) is 3.66. The maximum absolute atomic E-state index is 12.4. The number of aliphatic hydroxyl groups excluding tert-OH is 1. The van der Waals surface area contributed by atoms with Crippen LogP contribution in [0.3, 0.4) is 0 Å². The fraction of sp³-hybridized carbons (Fsp3) is 0.533. The molecule has 1 aromatic rings. The van der Waals surface area contributed by atoms with Crippen molar-refractivity contribution < 1.29 is 19.6 Å². The van der Waals surface area contributed by atoms with Gasteiger partial charge in [0.25, 0.3) is 5.69 Å². The van der Waals surface area contributed by atoms with Gasteiger partial charge in [-0.05, 0) is 25.8 Å². The molecule has 0 spiro atoms. The molecule has 1 atom stereocenters. The maximum Gasteiger partial charge on any atom is 0.271 e. The number of piperidine rings is 1. The first kappa shape index (κ1) is 17.2. The van der Waals surface area contributed by atoms with E-state index < -0.39 is 11.0 Å². The Morgan fingerprint density at radius 2 is 2.13 bits per heavy atom. The van der Waals surface area contributed by atoms with Crippen molar-refractivity contribution in [3.05, 3.63) is 28.3 Å². The molecule has 1 aromatic carbocycles. The van der Waals surface area contributed by atoms with Gasteiger partial charge in [0.05, 0.1) is 29.9 Å². The minimum absolute atomic E-state index is 0.116. The monoisotopic (exact) mass is 323 g/mol. The van der Waals surface area contributed by atoms with Crippen LogP contribution in [0.4, 0.5) is 11.4 Å². The first-order chi connectivity index (χ1) is 10.9. The second-order valence-corrected chi connectivity index (χ2v) is 5.57. The lowest BCUT2D eigenvalue weighted by atomic mass is 10.1. The highest BCUT2D eigenvalue weighted by Crippen LogP contribution is 2.29. The van der Waals surface area contributed by atoms with Crippen LogP contribution in [0.1, 0.15) is 19.8 Å². The number of aliphatic hydroxyl groups is 1. The third-order valence-corrected chi connectivity index (χ3v) is 4.08. The number of likely N-dealkylation sites (tertiary alicyclic amines) is 1. The fourth-order valence-electron chi connectivity index (χ4n) is 2.58.